The molecule has 0 atom stereocenters. The molecule has 0 amide bonds. The van der Waals surface area contributed by atoms with Gasteiger partial charge in [-0.05, 0) is 18.1 Å². The maximum absolute atomic E-state index is 12.7. The SMILES string of the molecule is COCCN(CC(C)C)S(=O)(=O)c1ccc(N)c(OC)c1. The third-order valence-corrected chi connectivity index (χ3v) is 4.82. The Morgan fingerprint density at radius 1 is 1.29 bits per heavy atom. The zero-order valence-electron chi connectivity index (χ0n) is 13.0. The van der Waals surface area contributed by atoms with E-state index in [4.69, 9.17) is 15.2 Å². The third-order valence-electron chi connectivity index (χ3n) is 2.96. The number of hydrogen-bond donors (Lipinski definition) is 1. The van der Waals surface area contributed by atoms with Crippen LogP contribution in [0.3, 0.4) is 0 Å². The maximum atomic E-state index is 12.7. The highest BCUT2D eigenvalue weighted by atomic mass is 32.2. The maximum Gasteiger partial charge on any atom is 0.243 e. The monoisotopic (exact) mass is 316 g/mol. The molecule has 0 bridgehead atoms. The highest BCUT2D eigenvalue weighted by Crippen LogP contribution is 2.26. The Hall–Kier alpha value is -1.31. The van der Waals surface area contributed by atoms with Gasteiger partial charge in [0.15, 0.2) is 0 Å². The molecule has 0 aromatic heterocycles. The summed E-state index contributed by atoms with van der Waals surface area (Å²) in [6.07, 6.45) is 0. The molecule has 7 heteroatoms. The van der Waals surface area contributed by atoms with Gasteiger partial charge in [0.25, 0.3) is 0 Å². The van der Waals surface area contributed by atoms with Crippen LogP contribution in [-0.4, -0.2) is 46.6 Å². The first kappa shape index (κ1) is 17.7. The van der Waals surface area contributed by atoms with Crippen LogP contribution in [0.5, 0.6) is 5.75 Å². The molecule has 0 heterocycles. The average molecular weight is 316 g/mol. The van der Waals surface area contributed by atoms with Crippen LogP contribution in [0, 0.1) is 5.92 Å². The Bertz CT molecular complexity index is 558. The number of ether oxygens (including phenoxy) is 2. The van der Waals surface area contributed by atoms with Gasteiger partial charge in [-0.1, -0.05) is 13.8 Å². The molecule has 0 aliphatic heterocycles. The Morgan fingerprint density at radius 2 is 1.95 bits per heavy atom. The number of nitrogens with two attached hydrogens (primary N) is 1. The molecule has 0 unspecified atom stereocenters. The Kier molecular flexibility index (Phi) is 6.44. The van der Waals surface area contributed by atoms with Crippen LogP contribution in [0.15, 0.2) is 23.1 Å². The van der Waals surface area contributed by atoms with Gasteiger partial charge in [-0.3, -0.25) is 0 Å². The van der Waals surface area contributed by atoms with Crippen LogP contribution in [-0.2, 0) is 14.8 Å². The van der Waals surface area contributed by atoms with Crippen LogP contribution in [0.4, 0.5) is 5.69 Å². The first-order valence-electron chi connectivity index (χ1n) is 6.75. The van der Waals surface area contributed by atoms with Gasteiger partial charge in [-0.25, -0.2) is 8.42 Å². The summed E-state index contributed by atoms with van der Waals surface area (Å²) in [5.41, 5.74) is 6.13. The highest BCUT2D eigenvalue weighted by Gasteiger charge is 2.25. The van der Waals surface area contributed by atoms with Gasteiger partial charge >= 0.3 is 0 Å². The van der Waals surface area contributed by atoms with Crippen molar-refractivity contribution in [1.29, 1.82) is 0 Å². The lowest BCUT2D eigenvalue weighted by Gasteiger charge is -2.24. The molecule has 21 heavy (non-hydrogen) atoms. The quantitative estimate of drug-likeness (QED) is 0.736. The van der Waals surface area contributed by atoms with Crippen molar-refractivity contribution in [3.05, 3.63) is 18.2 Å². The molecular weight excluding hydrogens is 292 g/mol. The van der Waals surface area contributed by atoms with Crippen LogP contribution >= 0.6 is 0 Å². The molecule has 6 nitrogen and oxygen atoms in total. The summed E-state index contributed by atoms with van der Waals surface area (Å²) in [7, 11) is -0.595. The van der Waals surface area contributed by atoms with Gasteiger partial charge in [-0.15, -0.1) is 0 Å². The molecule has 2 N–H and O–H groups in total. The zero-order chi connectivity index (χ0) is 16.0. The van der Waals surface area contributed by atoms with Crippen molar-refractivity contribution in [2.75, 3.05) is 39.6 Å². The van der Waals surface area contributed by atoms with Crippen molar-refractivity contribution in [2.45, 2.75) is 18.7 Å². The number of nitrogens with zero attached hydrogens (tertiary/aromatic N) is 1. The predicted octanol–water partition coefficient (Wildman–Crippen LogP) is 1.57. The first-order chi connectivity index (χ1) is 9.82. The summed E-state index contributed by atoms with van der Waals surface area (Å²) >= 11 is 0. The lowest BCUT2D eigenvalue weighted by atomic mass is 10.2. The van der Waals surface area contributed by atoms with E-state index in [1.165, 1.54) is 29.6 Å². The van der Waals surface area contributed by atoms with Gasteiger partial charge in [0.2, 0.25) is 10.0 Å². The molecule has 1 aromatic rings. The standard InChI is InChI=1S/C14H24N2O4S/c1-11(2)10-16(7-8-19-3)21(17,18)12-5-6-13(15)14(9-12)20-4/h5-6,9,11H,7-8,10,15H2,1-4H3. The van der Waals surface area contributed by atoms with Crippen LogP contribution in [0.25, 0.3) is 0 Å². The molecular formula is C14H24N2O4S. The number of rotatable bonds is 8. The molecule has 0 aliphatic carbocycles. The van der Waals surface area contributed by atoms with Crippen LogP contribution in [0.2, 0.25) is 0 Å². The van der Waals surface area contributed by atoms with E-state index in [9.17, 15) is 8.42 Å². The van der Waals surface area contributed by atoms with E-state index < -0.39 is 10.0 Å². The molecule has 120 valence electrons. The number of benzene rings is 1. The lowest BCUT2D eigenvalue weighted by Crippen LogP contribution is -2.36. The van der Waals surface area contributed by atoms with Crippen molar-refractivity contribution < 1.29 is 17.9 Å². The Labute approximate surface area is 126 Å². The lowest BCUT2D eigenvalue weighted by molar-refractivity contribution is 0.175. The topological polar surface area (TPSA) is 81.9 Å². The van der Waals surface area contributed by atoms with E-state index in [-0.39, 0.29) is 10.8 Å². The summed E-state index contributed by atoms with van der Waals surface area (Å²) in [4.78, 5) is 0.172. The van der Waals surface area contributed by atoms with E-state index in [1.54, 1.807) is 7.11 Å². The Balaban J connectivity index is 3.14. The molecule has 0 saturated heterocycles. The fourth-order valence-corrected chi connectivity index (χ4v) is 3.51. The van der Waals surface area contributed by atoms with Crippen molar-refractivity contribution in [1.82, 2.24) is 4.31 Å². The molecule has 0 fully saturated rings. The van der Waals surface area contributed by atoms with Gasteiger partial charge in [0.1, 0.15) is 5.75 Å². The van der Waals surface area contributed by atoms with Crippen molar-refractivity contribution >= 4 is 15.7 Å². The van der Waals surface area contributed by atoms with Gasteiger partial charge in [-0.2, -0.15) is 4.31 Å². The largest absolute Gasteiger partial charge is 0.495 e. The number of nitrogen functional groups attached to an aromatic ring is 1. The van der Waals surface area contributed by atoms with E-state index >= 15 is 0 Å². The summed E-state index contributed by atoms with van der Waals surface area (Å²) in [5, 5.41) is 0. The molecule has 0 radical (unpaired) electrons. The minimum atomic E-state index is -3.60. The van der Waals surface area contributed by atoms with Gasteiger partial charge in [0, 0.05) is 26.3 Å². The normalized spacial score (nSPS) is 12.1. The van der Waals surface area contributed by atoms with Gasteiger partial charge < -0.3 is 15.2 Å². The fraction of sp³-hybridized carbons (Fsp3) is 0.571. The number of methoxy groups -OCH3 is 2. The van der Waals surface area contributed by atoms with Crippen molar-refractivity contribution in [3.63, 3.8) is 0 Å². The summed E-state index contributed by atoms with van der Waals surface area (Å²) in [6.45, 7) is 5.03. The average Bonchev–Trinajstić information content (AvgIpc) is 2.43. The third kappa shape index (κ3) is 4.59. The van der Waals surface area contributed by atoms with Crippen molar-refractivity contribution in [2.24, 2.45) is 5.92 Å². The van der Waals surface area contributed by atoms with E-state index in [0.717, 1.165) is 0 Å². The zero-order valence-corrected chi connectivity index (χ0v) is 13.8. The molecule has 0 saturated carbocycles. The minimum Gasteiger partial charge on any atom is -0.495 e. The smallest absolute Gasteiger partial charge is 0.243 e. The second-order valence-corrected chi connectivity index (χ2v) is 7.09. The highest BCUT2D eigenvalue weighted by molar-refractivity contribution is 7.89. The summed E-state index contributed by atoms with van der Waals surface area (Å²) in [5.74, 6) is 0.569. The number of hydrogen-bond acceptors (Lipinski definition) is 5. The van der Waals surface area contributed by atoms with E-state index in [2.05, 4.69) is 0 Å². The minimum absolute atomic E-state index is 0.172. The fourth-order valence-electron chi connectivity index (χ4n) is 1.91. The number of anilines is 1. The molecule has 1 aromatic carbocycles. The second-order valence-electron chi connectivity index (χ2n) is 5.15. The summed E-state index contributed by atoms with van der Waals surface area (Å²) < 4.78 is 37.0. The molecule has 1 rings (SSSR count). The van der Waals surface area contributed by atoms with Crippen LogP contribution < -0.4 is 10.5 Å². The summed E-state index contributed by atoms with van der Waals surface area (Å²) in [6, 6.07) is 4.48. The van der Waals surface area contributed by atoms with E-state index in [0.29, 0.717) is 31.1 Å². The molecule has 0 spiro atoms. The predicted molar refractivity (Wildman–Crippen MR) is 82.9 cm³/mol. The number of sulfonamides is 1. The first-order valence-corrected chi connectivity index (χ1v) is 8.19. The molecule has 0 aliphatic rings. The van der Waals surface area contributed by atoms with Gasteiger partial charge in [0.05, 0.1) is 24.3 Å². The van der Waals surface area contributed by atoms with Crippen molar-refractivity contribution in [3.8, 4) is 5.75 Å². The second kappa shape index (κ2) is 7.63. The van der Waals surface area contributed by atoms with Crippen LogP contribution in [0.1, 0.15) is 13.8 Å². The Morgan fingerprint density at radius 3 is 2.48 bits per heavy atom. The van der Waals surface area contributed by atoms with E-state index in [1.807, 2.05) is 13.8 Å².